The summed E-state index contributed by atoms with van der Waals surface area (Å²) < 4.78 is 4.79. The summed E-state index contributed by atoms with van der Waals surface area (Å²) in [5.74, 6) is 0.264. The zero-order chi connectivity index (χ0) is 15.1. The molecule has 2 rings (SSSR count). The molecule has 108 valence electrons. The van der Waals surface area contributed by atoms with Crippen molar-refractivity contribution in [3.8, 4) is 0 Å². The van der Waals surface area contributed by atoms with E-state index in [1.807, 2.05) is 27.7 Å². The first-order valence-electron chi connectivity index (χ1n) is 6.06. The molecule has 0 aliphatic carbocycles. The van der Waals surface area contributed by atoms with Crippen molar-refractivity contribution in [1.29, 1.82) is 0 Å². The number of fused-ring (bicyclic) bond motifs is 1. The fourth-order valence-corrected chi connectivity index (χ4v) is 3.16. The van der Waals surface area contributed by atoms with E-state index in [2.05, 4.69) is 15.3 Å². The summed E-state index contributed by atoms with van der Waals surface area (Å²) in [5, 5.41) is 4.26. The second-order valence-corrected chi connectivity index (χ2v) is 6.78. The van der Waals surface area contributed by atoms with E-state index in [1.54, 1.807) is 0 Å². The number of nitrogens with zero attached hydrogens (tertiary/aromatic N) is 2. The number of nitrogens with one attached hydrogen (secondary N) is 1. The van der Waals surface area contributed by atoms with E-state index >= 15 is 0 Å². The van der Waals surface area contributed by atoms with E-state index in [9.17, 15) is 4.79 Å². The fraction of sp³-hybridized carbons (Fsp3) is 0.462. The Kier molecular flexibility index (Phi) is 3.88. The van der Waals surface area contributed by atoms with Crippen LogP contribution >= 0.6 is 22.9 Å². The summed E-state index contributed by atoms with van der Waals surface area (Å²) in [4.78, 5) is 21.4. The van der Waals surface area contributed by atoms with Gasteiger partial charge in [0.05, 0.1) is 12.5 Å². The van der Waals surface area contributed by atoms with Crippen LogP contribution in [0, 0.1) is 6.92 Å². The highest BCUT2D eigenvalue weighted by Crippen LogP contribution is 2.35. The molecule has 1 N–H and O–H groups in total. The molecule has 0 radical (unpaired) electrons. The first-order chi connectivity index (χ1) is 9.23. The number of esters is 1. The van der Waals surface area contributed by atoms with Crippen LogP contribution in [0.2, 0.25) is 5.28 Å². The van der Waals surface area contributed by atoms with Gasteiger partial charge in [0.2, 0.25) is 5.28 Å². The van der Waals surface area contributed by atoms with Gasteiger partial charge in [0.1, 0.15) is 15.5 Å². The highest BCUT2D eigenvalue weighted by molar-refractivity contribution is 7.20. The van der Waals surface area contributed by atoms with E-state index in [0.717, 1.165) is 10.9 Å². The van der Waals surface area contributed by atoms with E-state index in [-0.39, 0.29) is 16.8 Å². The van der Waals surface area contributed by atoms with Gasteiger partial charge in [-0.15, -0.1) is 11.3 Å². The Bertz CT molecular complexity index is 676. The predicted molar refractivity (Wildman–Crippen MR) is 81.9 cm³/mol. The van der Waals surface area contributed by atoms with Crippen LogP contribution in [0.15, 0.2) is 0 Å². The number of hydrogen-bond donors (Lipinski definition) is 1. The van der Waals surface area contributed by atoms with E-state index in [1.165, 1.54) is 18.4 Å². The highest BCUT2D eigenvalue weighted by atomic mass is 35.5. The molecule has 0 unspecified atom stereocenters. The van der Waals surface area contributed by atoms with E-state index < -0.39 is 0 Å². The van der Waals surface area contributed by atoms with Crippen molar-refractivity contribution in [2.24, 2.45) is 0 Å². The lowest BCUT2D eigenvalue weighted by molar-refractivity contribution is 0.0605. The van der Waals surface area contributed by atoms with Gasteiger partial charge in [0.15, 0.2) is 0 Å². The quantitative estimate of drug-likeness (QED) is 0.677. The maximum Gasteiger partial charge on any atom is 0.348 e. The Balaban J connectivity index is 2.69. The summed E-state index contributed by atoms with van der Waals surface area (Å²) in [7, 11) is 1.36. The second-order valence-electron chi connectivity index (χ2n) is 5.44. The van der Waals surface area contributed by atoms with Gasteiger partial charge < -0.3 is 10.1 Å². The molecule has 2 heterocycles. The lowest BCUT2D eigenvalue weighted by Crippen LogP contribution is -2.27. The van der Waals surface area contributed by atoms with Crippen LogP contribution in [0.5, 0.6) is 0 Å². The maximum absolute atomic E-state index is 11.8. The second kappa shape index (κ2) is 5.18. The number of aryl methyl sites for hydroxylation is 1. The number of carbonyl (C=O) groups is 1. The fourth-order valence-electron chi connectivity index (χ4n) is 1.85. The lowest BCUT2D eigenvalue weighted by atomic mass is 10.1. The van der Waals surface area contributed by atoms with Crippen molar-refractivity contribution < 1.29 is 9.53 Å². The molecule has 20 heavy (non-hydrogen) atoms. The zero-order valence-electron chi connectivity index (χ0n) is 12.0. The summed E-state index contributed by atoms with van der Waals surface area (Å²) in [6.45, 7) is 7.93. The minimum Gasteiger partial charge on any atom is -0.465 e. The summed E-state index contributed by atoms with van der Waals surface area (Å²) in [6.07, 6.45) is 0. The Morgan fingerprint density at radius 1 is 1.35 bits per heavy atom. The van der Waals surface area contributed by atoms with Crippen LogP contribution in [-0.2, 0) is 4.74 Å². The molecule has 5 nitrogen and oxygen atoms in total. The number of hydrogen-bond acceptors (Lipinski definition) is 6. The van der Waals surface area contributed by atoms with Gasteiger partial charge in [0.25, 0.3) is 0 Å². The third-order valence-corrected chi connectivity index (χ3v) is 3.96. The van der Waals surface area contributed by atoms with Crippen molar-refractivity contribution in [2.75, 3.05) is 12.4 Å². The number of anilines is 1. The number of thiophene rings is 1. The number of halogens is 1. The molecule has 7 heteroatoms. The molecule has 2 aromatic heterocycles. The summed E-state index contributed by atoms with van der Waals surface area (Å²) in [6, 6.07) is 0. The monoisotopic (exact) mass is 313 g/mol. The smallest absolute Gasteiger partial charge is 0.348 e. The predicted octanol–water partition coefficient (Wildman–Crippen LogP) is 3.65. The van der Waals surface area contributed by atoms with Crippen LogP contribution in [0.3, 0.4) is 0 Å². The average molecular weight is 314 g/mol. The normalized spacial score (nSPS) is 11.7. The van der Waals surface area contributed by atoms with Crippen molar-refractivity contribution in [3.63, 3.8) is 0 Å². The van der Waals surface area contributed by atoms with Crippen LogP contribution in [0.25, 0.3) is 10.2 Å². The van der Waals surface area contributed by atoms with Gasteiger partial charge in [-0.2, -0.15) is 0 Å². The molecular weight excluding hydrogens is 298 g/mol. The van der Waals surface area contributed by atoms with Gasteiger partial charge in [0, 0.05) is 5.54 Å². The number of methoxy groups -OCH3 is 1. The molecule has 0 aliphatic heterocycles. The van der Waals surface area contributed by atoms with Crippen molar-refractivity contribution in [2.45, 2.75) is 33.2 Å². The van der Waals surface area contributed by atoms with E-state index in [0.29, 0.717) is 15.5 Å². The maximum atomic E-state index is 11.8. The molecular formula is C13H16ClN3O2S. The molecule has 0 saturated carbocycles. The minimum atomic E-state index is -0.372. The Morgan fingerprint density at radius 3 is 2.55 bits per heavy atom. The van der Waals surface area contributed by atoms with Crippen molar-refractivity contribution >= 4 is 44.9 Å². The number of carbonyl (C=O) groups excluding carboxylic acids is 1. The number of rotatable bonds is 2. The molecule has 0 amide bonds. The van der Waals surface area contributed by atoms with Crippen LogP contribution in [-0.4, -0.2) is 28.6 Å². The first kappa shape index (κ1) is 15.0. The van der Waals surface area contributed by atoms with Crippen LogP contribution in [0.4, 0.5) is 5.82 Å². The lowest BCUT2D eigenvalue weighted by Gasteiger charge is -2.22. The Labute approximate surface area is 126 Å². The Hall–Kier alpha value is -1.40. The van der Waals surface area contributed by atoms with Gasteiger partial charge in [-0.3, -0.25) is 0 Å². The van der Waals surface area contributed by atoms with Crippen LogP contribution in [0.1, 0.15) is 36.0 Å². The standard InChI is InChI=1S/C13H16ClN3O2S/c1-6-7-9(17-13(2,3)4)15-12(14)16-10(7)20-8(6)11(18)19-5/h1-5H3,(H,15,16,17). The SMILES string of the molecule is COC(=O)c1sc2nc(Cl)nc(NC(C)(C)C)c2c1C. The average Bonchev–Trinajstić information content (AvgIpc) is 2.63. The summed E-state index contributed by atoms with van der Waals surface area (Å²) in [5.41, 5.74) is 0.630. The van der Waals surface area contributed by atoms with Gasteiger partial charge in [-0.05, 0) is 44.9 Å². The number of aromatic nitrogens is 2. The van der Waals surface area contributed by atoms with Gasteiger partial charge in [-0.25, -0.2) is 14.8 Å². The van der Waals surface area contributed by atoms with Gasteiger partial charge in [-0.1, -0.05) is 0 Å². The highest BCUT2D eigenvalue weighted by Gasteiger charge is 2.22. The molecule has 0 saturated heterocycles. The third kappa shape index (κ3) is 2.86. The van der Waals surface area contributed by atoms with Crippen molar-refractivity contribution in [1.82, 2.24) is 9.97 Å². The molecule has 0 fully saturated rings. The Morgan fingerprint density at radius 2 is 2.00 bits per heavy atom. The molecule has 0 atom stereocenters. The van der Waals surface area contributed by atoms with Gasteiger partial charge >= 0.3 is 5.97 Å². The minimum absolute atomic E-state index is 0.155. The molecule has 0 bridgehead atoms. The largest absolute Gasteiger partial charge is 0.465 e. The first-order valence-corrected chi connectivity index (χ1v) is 7.25. The van der Waals surface area contributed by atoms with E-state index in [4.69, 9.17) is 16.3 Å². The molecule has 0 spiro atoms. The molecule has 0 aliphatic rings. The topological polar surface area (TPSA) is 64.1 Å². The summed E-state index contributed by atoms with van der Waals surface area (Å²) >= 11 is 7.22. The zero-order valence-corrected chi connectivity index (χ0v) is 13.6. The third-order valence-electron chi connectivity index (χ3n) is 2.63. The number of ether oxygens (including phenoxy) is 1. The van der Waals surface area contributed by atoms with Crippen molar-refractivity contribution in [3.05, 3.63) is 15.7 Å². The molecule has 0 aromatic carbocycles. The molecule has 2 aromatic rings. The van der Waals surface area contributed by atoms with Crippen LogP contribution < -0.4 is 5.32 Å².